The summed E-state index contributed by atoms with van der Waals surface area (Å²) in [4.78, 5) is 44.7. The fraction of sp³-hybridized carbons (Fsp3) is 0.450. The third kappa shape index (κ3) is 3.83. The van der Waals surface area contributed by atoms with Crippen molar-refractivity contribution in [3.05, 3.63) is 34.9 Å². The number of imide groups is 1. The lowest BCUT2D eigenvalue weighted by atomic mass is 10.0. The highest BCUT2D eigenvalue weighted by Gasteiger charge is 2.39. The minimum Gasteiger partial charge on any atom is -0.350 e. The van der Waals surface area contributed by atoms with Crippen LogP contribution in [0.5, 0.6) is 0 Å². The van der Waals surface area contributed by atoms with Crippen molar-refractivity contribution in [1.29, 1.82) is 0 Å². The number of nitrogens with one attached hydrogen (secondary N) is 4. The lowest BCUT2D eigenvalue weighted by molar-refractivity contribution is -0.136. The molecule has 162 valence electrons. The number of amides is 3. The number of carbonyl (C=O) groups excluding carboxylic acids is 3. The first-order valence-corrected chi connectivity index (χ1v) is 10.5. The number of piperazine rings is 1. The van der Waals surface area contributed by atoms with E-state index in [0.717, 1.165) is 37.3 Å². The van der Waals surface area contributed by atoms with Crippen LogP contribution in [0.1, 0.15) is 34.3 Å². The van der Waals surface area contributed by atoms with Gasteiger partial charge in [0.25, 0.3) is 5.91 Å². The van der Waals surface area contributed by atoms with Crippen LogP contribution < -0.4 is 20.9 Å². The van der Waals surface area contributed by atoms with E-state index in [1.807, 2.05) is 18.2 Å². The molecule has 11 nitrogen and oxygen atoms in total. The van der Waals surface area contributed by atoms with Crippen molar-refractivity contribution in [2.75, 3.05) is 36.4 Å². The summed E-state index contributed by atoms with van der Waals surface area (Å²) in [5.41, 5.74) is 2.42. The molecule has 0 aliphatic carbocycles. The van der Waals surface area contributed by atoms with Gasteiger partial charge in [-0.05, 0) is 23.6 Å². The highest BCUT2D eigenvalue weighted by molar-refractivity contribution is 6.05. The molecule has 4 heterocycles. The number of nitrogens with zero attached hydrogens (tertiary/aromatic N) is 4. The second kappa shape index (κ2) is 7.99. The van der Waals surface area contributed by atoms with Crippen molar-refractivity contribution in [3.8, 4) is 0 Å². The molecule has 0 bridgehead atoms. The third-order valence-electron chi connectivity index (χ3n) is 5.93. The summed E-state index contributed by atoms with van der Waals surface area (Å²) in [7, 11) is 0. The van der Waals surface area contributed by atoms with Crippen molar-refractivity contribution in [2.24, 2.45) is 0 Å². The molecule has 3 amide bonds. The molecule has 1 atom stereocenters. The molecule has 1 aromatic carbocycles. The molecule has 3 aliphatic rings. The summed E-state index contributed by atoms with van der Waals surface area (Å²) in [5, 5.41) is 16.0. The van der Waals surface area contributed by atoms with Gasteiger partial charge < -0.3 is 20.4 Å². The van der Waals surface area contributed by atoms with E-state index in [4.69, 9.17) is 0 Å². The SMILES string of the molecule is O=C1CCC(N2Cc3ccc(CNc4nc(N5CCNCC5)n[nH]4)cc3C2=O)C(=O)N1. The van der Waals surface area contributed by atoms with E-state index in [1.54, 1.807) is 4.90 Å². The van der Waals surface area contributed by atoms with Crippen LogP contribution in [0.15, 0.2) is 18.2 Å². The normalized spacial score (nSPS) is 21.3. The van der Waals surface area contributed by atoms with Gasteiger partial charge in [-0.25, -0.2) is 5.10 Å². The monoisotopic (exact) mass is 424 g/mol. The maximum absolute atomic E-state index is 12.9. The van der Waals surface area contributed by atoms with E-state index in [1.165, 1.54) is 0 Å². The quantitative estimate of drug-likeness (QED) is 0.476. The van der Waals surface area contributed by atoms with E-state index in [2.05, 4.69) is 36.0 Å². The van der Waals surface area contributed by atoms with Crippen molar-refractivity contribution in [3.63, 3.8) is 0 Å². The van der Waals surface area contributed by atoms with E-state index < -0.39 is 11.9 Å². The third-order valence-corrected chi connectivity index (χ3v) is 5.93. The van der Waals surface area contributed by atoms with Gasteiger partial charge in [-0.3, -0.25) is 19.7 Å². The van der Waals surface area contributed by atoms with E-state index in [9.17, 15) is 14.4 Å². The van der Waals surface area contributed by atoms with Crippen molar-refractivity contribution < 1.29 is 14.4 Å². The zero-order valence-corrected chi connectivity index (χ0v) is 17.0. The number of hydrogen-bond donors (Lipinski definition) is 4. The highest BCUT2D eigenvalue weighted by Crippen LogP contribution is 2.28. The maximum Gasteiger partial charge on any atom is 0.255 e. The molecule has 31 heavy (non-hydrogen) atoms. The number of rotatable bonds is 5. The average Bonchev–Trinajstić information content (AvgIpc) is 3.38. The van der Waals surface area contributed by atoms with Crippen LogP contribution in [0, 0.1) is 0 Å². The molecule has 11 heteroatoms. The standard InChI is InChI=1S/C20H24N8O3/c29-16-4-3-15(17(30)23-16)28-11-13-2-1-12(9-14(13)18(28)31)10-22-19-24-20(26-25-19)27-7-5-21-6-8-27/h1-2,9,15,21H,3-8,10-11H2,(H,23,29,30)(H2,22,24,25,26). The fourth-order valence-electron chi connectivity index (χ4n) is 4.24. The zero-order valence-electron chi connectivity index (χ0n) is 17.0. The van der Waals surface area contributed by atoms with Crippen LogP contribution in [0.2, 0.25) is 0 Å². The molecular formula is C20H24N8O3. The van der Waals surface area contributed by atoms with Gasteiger partial charge in [-0.15, -0.1) is 5.10 Å². The Hall–Kier alpha value is -3.47. The predicted molar refractivity (Wildman–Crippen MR) is 111 cm³/mol. The van der Waals surface area contributed by atoms with Crippen LogP contribution in [-0.4, -0.2) is 70.0 Å². The molecule has 0 radical (unpaired) electrons. The summed E-state index contributed by atoms with van der Waals surface area (Å²) < 4.78 is 0. The van der Waals surface area contributed by atoms with E-state index in [0.29, 0.717) is 37.0 Å². The Morgan fingerprint density at radius 1 is 1.16 bits per heavy atom. The summed E-state index contributed by atoms with van der Waals surface area (Å²) in [6.07, 6.45) is 0.610. The number of piperidine rings is 1. The highest BCUT2D eigenvalue weighted by atomic mass is 16.2. The number of hydrogen-bond acceptors (Lipinski definition) is 8. The van der Waals surface area contributed by atoms with Gasteiger partial charge >= 0.3 is 0 Å². The van der Waals surface area contributed by atoms with E-state index >= 15 is 0 Å². The van der Waals surface area contributed by atoms with Crippen molar-refractivity contribution >= 4 is 29.6 Å². The average molecular weight is 424 g/mol. The molecular weight excluding hydrogens is 400 g/mol. The number of fused-ring (bicyclic) bond motifs is 1. The maximum atomic E-state index is 12.9. The zero-order chi connectivity index (χ0) is 21.4. The van der Waals surface area contributed by atoms with Gasteiger partial charge in [0.1, 0.15) is 6.04 Å². The Labute approximate surface area is 178 Å². The van der Waals surface area contributed by atoms with Gasteiger partial charge in [0.15, 0.2) is 0 Å². The molecule has 0 saturated carbocycles. The molecule has 4 N–H and O–H groups in total. The number of anilines is 2. The number of carbonyl (C=O) groups is 3. The molecule has 1 unspecified atom stereocenters. The predicted octanol–water partition coefficient (Wildman–Crippen LogP) is -0.413. The summed E-state index contributed by atoms with van der Waals surface area (Å²) in [6.45, 7) is 4.42. The van der Waals surface area contributed by atoms with Gasteiger partial charge in [0.2, 0.25) is 23.7 Å². The van der Waals surface area contributed by atoms with Crippen molar-refractivity contribution in [2.45, 2.75) is 32.0 Å². The number of aromatic amines is 1. The minimum absolute atomic E-state index is 0.174. The Morgan fingerprint density at radius 3 is 2.81 bits per heavy atom. The largest absolute Gasteiger partial charge is 0.350 e. The number of aromatic nitrogens is 3. The molecule has 5 rings (SSSR count). The Morgan fingerprint density at radius 2 is 2.00 bits per heavy atom. The lowest BCUT2D eigenvalue weighted by Crippen LogP contribution is -2.52. The summed E-state index contributed by atoms with van der Waals surface area (Å²) in [6, 6.07) is 5.13. The first-order chi connectivity index (χ1) is 15.1. The molecule has 2 saturated heterocycles. The molecule has 3 aliphatic heterocycles. The van der Waals surface area contributed by atoms with Gasteiger partial charge in [-0.1, -0.05) is 12.1 Å². The molecule has 2 aromatic rings. The smallest absolute Gasteiger partial charge is 0.255 e. The minimum atomic E-state index is -0.600. The first-order valence-electron chi connectivity index (χ1n) is 10.5. The number of benzene rings is 1. The van der Waals surface area contributed by atoms with Crippen molar-refractivity contribution in [1.82, 2.24) is 30.7 Å². The second-order valence-electron chi connectivity index (χ2n) is 7.97. The van der Waals surface area contributed by atoms with Gasteiger partial charge in [0, 0.05) is 51.3 Å². The Balaban J connectivity index is 1.23. The number of H-pyrrole nitrogens is 1. The van der Waals surface area contributed by atoms with Crippen LogP contribution >= 0.6 is 0 Å². The lowest BCUT2D eigenvalue weighted by Gasteiger charge is -2.29. The van der Waals surface area contributed by atoms with Gasteiger partial charge in [0.05, 0.1) is 0 Å². The molecule has 1 aromatic heterocycles. The molecule has 2 fully saturated rings. The second-order valence-corrected chi connectivity index (χ2v) is 7.97. The Bertz CT molecular complexity index is 1030. The van der Waals surface area contributed by atoms with Crippen LogP contribution in [-0.2, 0) is 22.7 Å². The van der Waals surface area contributed by atoms with Crippen LogP contribution in [0.25, 0.3) is 0 Å². The van der Waals surface area contributed by atoms with Crippen LogP contribution in [0.4, 0.5) is 11.9 Å². The Kier molecular flexibility index (Phi) is 5.02. The van der Waals surface area contributed by atoms with E-state index in [-0.39, 0.29) is 18.2 Å². The summed E-state index contributed by atoms with van der Waals surface area (Å²) in [5.74, 6) is 0.391. The first kappa shape index (κ1) is 19.5. The van der Waals surface area contributed by atoms with Crippen LogP contribution in [0.3, 0.4) is 0 Å². The molecule has 0 spiro atoms. The fourth-order valence-corrected chi connectivity index (χ4v) is 4.24. The summed E-state index contributed by atoms with van der Waals surface area (Å²) >= 11 is 0. The van der Waals surface area contributed by atoms with Gasteiger partial charge in [-0.2, -0.15) is 4.98 Å². The topological polar surface area (TPSA) is 135 Å².